The summed E-state index contributed by atoms with van der Waals surface area (Å²) in [5.74, 6) is -1.91. The first-order valence-electron chi connectivity index (χ1n) is 41.6. The van der Waals surface area contributed by atoms with Gasteiger partial charge in [0.15, 0.2) is 17.4 Å². The minimum Gasteiger partial charge on any atom is -0.540 e. The van der Waals surface area contributed by atoms with Gasteiger partial charge in [-0.05, 0) is 150 Å². The first kappa shape index (κ1) is 96.1. The quantitative estimate of drug-likeness (QED) is 0.106. The number of amides is 3. The molecular weight excluding hydrogens is 1620 g/mol. The van der Waals surface area contributed by atoms with Gasteiger partial charge >= 0.3 is 29.6 Å². The van der Waals surface area contributed by atoms with E-state index in [4.69, 9.17) is 39.9 Å². The van der Waals surface area contributed by atoms with Gasteiger partial charge in [-0.25, -0.2) is 43.2 Å². The molecule has 6 aliphatic heterocycles. The van der Waals surface area contributed by atoms with Gasteiger partial charge in [0.25, 0.3) is 0 Å². The van der Waals surface area contributed by atoms with E-state index in [1.807, 2.05) is 120 Å². The third-order valence-electron chi connectivity index (χ3n) is 25.9. The van der Waals surface area contributed by atoms with Gasteiger partial charge in [-0.15, -0.1) is 0 Å². The van der Waals surface area contributed by atoms with Crippen molar-refractivity contribution >= 4 is 72.3 Å². The number of carbonyl (C=O) groups excluding carboxylic acids is 9. The Hall–Kier alpha value is -7.36. The van der Waals surface area contributed by atoms with Crippen LogP contribution in [0.15, 0.2) is 48.0 Å². The molecule has 118 heavy (non-hydrogen) atoms. The molecule has 3 saturated heterocycles. The standard InChI is InChI=1S/C30H40N3O5.C29H41N4O5.C28H40N5O6.3V/c1-19-23(18-34)33-17-25(19)37-24-14-26-31-11-12-32(26)16-20(24)9-7-6-8-10-21-15-30(21,5)38-27(35)13-22(28(33)36)29(2,3)4;1-18-22(17-34)33-16-24(18)37-23-15-31-25(11-12-30)32-21(23)10-8-6-7-9-19-14-29(19,5)38-26(35)13-20(27(33)36)28(2,3)4;1-17-20(16-34)33-15-21(17)38-26-31-22(10-11-29)30-25(37)32(26)12-8-6-7-9-18-14-28(18,5)39-23(35)13-19(24(33)36)27(2,3)4;;;/h11-12,14,16,19,21-23,25H,6-10,13,15,17H2,1-5H3;11-12,15,18-20,22,24H,6-10,13-14,16,30H2,1-5H3;10-11,17-21H,6-9,12-15,29H2,1-5H3;;;/q3*-1;;;/t19-,21+,22+,23+,25-,30+;18-,19+,20+,22+,24-,29+;17-,18+,19+,20+,21-,28+;;;/m000.../s1. The molecule has 0 spiro atoms. The number of aryl methyl sites for hydroxylation is 2. The number of nitrogens with zero attached hydrogens (tertiary/aromatic N) is 10. The number of fused-ring (bicyclic) bond motifs is 13. The van der Waals surface area contributed by atoms with Crippen LogP contribution in [0.1, 0.15) is 242 Å². The van der Waals surface area contributed by atoms with Crippen LogP contribution in [0, 0.1) is 69.5 Å². The molecule has 3 amide bonds. The molecule has 4 aromatic heterocycles. The Labute approximate surface area is 730 Å². The number of ether oxygens (including phenoxy) is 6. The Morgan fingerprint density at radius 3 is 1.33 bits per heavy atom. The van der Waals surface area contributed by atoms with E-state index in [0.29, 0.717) is 42.8 Å². The summed E-state index contributed by atoms with van der Waals surface area (Å²) in [6, 6.07) is -0.357. The van der Waals surface area contributed by atoms with E-state index >= 15 is 0 Å². The summed E-state index contributed by atoms with van der Waals surface area (Å²) in [6.07, 6.45) is 33.4. The zero-order valence-electron chi connectivity index (χ0n) is 71.3. The van der Waals surface area contributed by atoms with Crippen LogP contribution in [0.25, 0.3) is 17.8 Å². The van der Waals surface area contributed by atoms with Gasteiger partial charge in [-0.3, -0.25) is 28.8 Å². The number of esters is 3. The van der Waals surface area contributed by atoms with Gasteiger partial charge < -0.3 is 73.4 Å². The molecule has 6 bridgehead atoms. The van der Waals surface area contributed by atoms with Gasteiger partial charge in [0.1, 0.15) is 46.5 Å². The summed E-state index contributed by atoms with van der Waals surface area (Å²) in [7, 11) is 0. The number of hydrogen-bond donors (Lipinski definition) is 2. The fourth-order valence-electron chi connectivity index (χ4n) is 17.8. The second kappa shape index (κ2) is 39.7. The van der Waals surface area contributed by atoms with Crippen LogP contribution in [-0.2, 0) is 132 Å². The predicted molar refractivity (Wildman–Crippen MR) is 428 cm³/mol. The molecule has 4 N–H and O–H groups in total. The molecule has 4 aromatic rings. The maximum absolute atomic E-state index is 13.9. The summed E-state index contributed by atoms with van der Waals surface area (Å²) in [4.78, 5) is 156. The third-order valence-corrected chi connectivity index (χ3v) is 25.9. The van der Waals surface area contributed by atoms with E-state index in [1.165, 1.54) is 32.8 Å². The number of aromatic nitrogens is 7. The van der Waals surface area contributed by atoms with E-state index in [1.54, 1.807) is 30.3 Å². The Bertz CT molecular complexity index is 4370. The second-order valence-corrected chi connectivity index (χ2v) is 37.6. The van der Waals surface area contributed by atoms with E-state index in [0.717, 1.165) is 119 Å². The summed E-state index contributed by atoms with van der Waals surface area (Å²) in [5, 5.41) is 0. The molecule has 6 fully saturated rings. The molecule has 13 rings (SSSR count). The van der Waals surface area contributed by atoms with Crippen molar-refractivity contribution in [3.63, 3.8) is 0 Å². The number of pyridine rings is 1. The zero-order chi connectivity index (χ0) is 83.4. The van der Waals surface area contributed by atoms with Crippen molar-refractivity contribution in [2.45, 2.75) is 292 Å². The number of hydrogen-bond acceptors (Lipinski definition) is 23. The zero-order valence-corrected chi connectivity index (χ0v) is 75.5. The van der Waals surface area contributed by atoms with Crippen molar-refractivity contribution in [1.82, 2.24) is 48.6 Å². The first-order valence-corrected chi connectivity index (χ1v) is 41.6. The number of imidazole rings is 1. The largest absolute Gasteiger partial charge is 0.540 e. The maximum atomic E-state index is 13.9. The maximum Gasteiger partial charge on any atom is 0.353 e. The van der Waals surface area contributed by atoms with Crippen molar-refractivity contribution in [3.8, 4) is 17.5 Å². The van der Waals surface area contributed by atoms with E-state index in [2.05, 4.69) is 43.7 Å². The molecule has 18 atom stereocenters. The molecule has 9 aliphatic rings. The Morgan fingerprint density at radius 2 is 0.907 bits per heavy atom. The van der Waals surface area contributed by atoms with Crippen LogP contribution in [0.3, 0.4) is 0 Å². The van der Waals surface area contributed by atoms with Gasteiger partial charge in [0.05, 0.1) is 68.5 Å². The topological polar surface area (TPSA) is 362 Å². The first-order chi connectivity index (χ1) is 54.3. The molecular formula is C87H121N12O16V3-3. The van der Waals surface area contributed by atoms with E-state index in [9.17, 15) is 47.9 Å². The monoisotopic (exact) mass is 1740 g/mol. The van der Waals surface area contributed by atoms with Crippen molar-refractivity contribution in [2.75, 3.05) is 19.6 Å². The summed E-state index contributed by atoms with van der Waals surface area (Å²) >= 11 is 0. The summed E-state index contributed by atoms with van der Waals surface area (Å²) in [6.45, 7) is 29.8. The minimum absolute atomic E-state index is 0. The molecule has 3 radical (unpaired) electrons. The van der Waals surface area contributed by atoms with Crippen molar-refractivity contribution in [3.05, 3.63) is 76.6 Å². The van der Waals surface area contributed by atoms with Crippen LogP contribution in [0.4, 0.5) is 0 Å². The van der Waals surface area contributed by atoms with Crippen molar-refractivity contribution in [2.24, 2.45) is 81.0 Å². The summed E-state index contributed by atoms with van der Waals surface area (Å²) in [5.41, 5.74) is 10.2. The molecule has 28 nitrogen and oxygen atoms in total. The van der Waals surface area contributed by atoms with Crippen LogP contribution in [0.2, 0.25) is 0 Å². The smallest absolute Gasteiger partial charge is 0.353 e. The predicted octanol–water partition coefficient (Wildman–Crippen LogP) is 10.3. The van der Waals surface area contributed by atoms with Gasteiger partial charge in [0.2, 0.25) is 17.7 Å². The SMILES string of the molecule is C[C@@H]1[C@@H]2CN(C(=O)[C@H](C(C)(C)C)CC(=O)O[C@]3(C)C[C@H]3CCCCCc3cn4ccnc4cc3O2)[C@@H]1[C-]=O.C[C@@H]1[C@@H]2CN(C(=O)[C@H](C(C)(C)C)CC(=O)O[C@]3(C)C[C@H]3CCCCCc3nc(C=CN)ncc3O2)[C@@H]1[C-]=O.C[C@@H]1[C@@H]2CN(C(=O)[C@H](C(C)(C)C)CC(=O)O[C@]3(C)C[C@H]3CCCCCn3c(nc(C=CN)nc3=O)O2)[C@@H]1[C-]=O.[V].[V].[V]. The van der Waals surface area contributed by atoms with Gasteiger partial charge in [-0.1, -0.05) is 140 Å². The molecule has 10 heterocycles. The number of carbonyl (C=O) groups is 6. The molecule has 3 saturated carbocycles. The fraction of sp³-hybridized carbons (Fsp3) is 0.690. The van der Waals surface area contributed by atoms with Crippen LogP contribution in [-0.4, -0.2) is 176 Å². The van der Waals surface area contributed by atoms with Crippen molar-refractivity contribution < 1.29 is 127 Å². The van der Waals surface area contributed by atoms with Gasteiger partial charge in [0, 0.05) is 110 Å². The Balaban J connectivity index is 0.000000218. The Kier molecular flexibility index (Phi) is 32.3. The normalized spacial score (nSPS) is 32.0. The summed E-state index contributed by atoms with van der Waals surface area (Å²) < 4.78 is 40.4. The molecule has 31 heteroatoms. The van der Waals surface area contributed by atoms with E-state index < -0.39 is 98.7 Å². The van der Waals surface area contributed by atoms with Crippen LogP contribution in [0.5, 0.6) is 17.5 Å². The number of nitrogens with two attached hydrogens (primary N) is 2. The van der Waals surface area contributed by atoms with Crippen LogP contribution < -0.4 is 31.4 Å². The minimum atomic E-state index is -0.874. The fourth-order valence-corrected chi connectivity index (χ4v) is 17.8. The van der Waals surface area contributed by atoms with Crippen molar-refractivity contribution in [1.29, 1.82) is 0 Å². The average molecular weight is 1740 g/mol. The average Bonchev–Trinajstić information content (AvgIpc) is 1.63. The van der Waals surface area contributed by atoms with Crippen LogP contribution >= 0.6 is 0 Å². The Morgan fingerprint density at radius 1 is 0.500 bits per heavy atom. The molecule has 0 unspecified atom stereocenters. The van der Waals surface area contributed by atoms with Gasteiger partial charge in [-0.2, -0.15) is 9.97 Å². The number of rotatable bonds is 5. The van der Waals surface area contributed by atoms with E-state index in [-0.39, 0.29) is 160 Å². The molecule has 643 valence electrons. The molecule has 3 aliphatic carbocycles. The molecule has 0 aromatic carbocycles. The second-order valence-electron chi connectivity index (χ2n) is 37.6. The third kappa shape index (κ3) is 22.7.